The van der Waals surface area contributed by atoms with Gasteiger partial charge in [0.25, 0.3) is 5.91 Å². The second-order valence-corrected chi connectivity index (χ2v) is 6.56. The Morgan fingerprint density at radius 2 is 1.96 bits per heavy atom. The summed E-state index contributed by atoms with van der Waals surface area (Å²) in [6, 6.07) is 10.9. The molecule has 1 fully saturated rings. The van der Waals surface area contributed by atoms with Gasteiger partial charge in [-0.1, -0.05) is 23.7 Å². The molecule has 138 valence electrons. The Balaban J connectivity index is 1.47. The molecule has 0 unspecified atom stereocenters. The number of rotatable bonds is 7. The molecule has 2 aromatic rings. The van der Waals surface area contributed by atoms with Crippen molar-refractivity contribution in [2.24, 2.45) is 0 Å². The summed E-state index contributed by atoms with van der Waals surface area (Å²) in [7, 11) is 0. The van der Waals surface area contributed by atoms with Crippen molar-refractivity contribution < 1.29 is 9.53 Å². The smallest absolute Gasteiger partial charge is 0.251 e. The fourth-order valence-electron chi connectivity index (χ4n) is 2.72. The van der Waals surface area contributed by atoms with Crippen molar-refractivity contribution in [1.29, 1.82) is 0 Å². The molecule has 2 N–H and O–H groups in total. The number of ether oxygens (including phenoxy) is 1. The number of carbonyl (C=O) groups excluding carboxylic acids is 1. The van der Waals surface area contributed by atoms with Crippen LogP contribution >= 0.6 is 11.6 Å². The number of hydrogen-bond acceptors (Lipinski definition) is 5. The van der Waals surface area contributed by atoms with Crippen LogP contribution in [0.2, 0.25) is 5.02 Å². The molecule has 1 aliphatic rings. The van der Waals surface area contributed by atoms with E-state index in [0.717, 1.165) is 45.0 Å². The fraction of sp³-hybridized carbons (Fsp3) is 0.368. The van der Waals surface area contributed by atoms with Crippen molar-refractivity contribution >= 4 is 23.3 Å². The van der Waals surface area contributed by atoms with Crippen molar-refractivity contribution in [1.82, 2.24) is 15.2 Å². The van der Waals surface area contributed by atoms with Crippen LogP contribution in [0.1, 0.15) is 15.9 Å². The average molecular weight is 375 g/mol. The third-order valence-corrected chi connectivity index (χ3v) is 4.48. The van der Waals surface area contributed by atoms with Gasteiger partial charge >= 0.3 is 0 Å². The van der Waals surface area contributed by atoms with Gasteiger partial charge in [-0.2, -0.15) is 0 Å². The zero-order chi connectivity index (χ0) is 18.2. The highest BCUT2D eigenvalue weighted by Gasteiger charge is 2.10. The molecular formula is C19H23ClN4O2. The summed E-state index contributed by atoms with van der Waals surface area (Å²) < 4.78 is 5.34. The SMILES string of the molecule is O=C(NCc1ccc(Cl)cc1)c1ccnc(NCCN2CCOCC2)c1. The second-order valence-electron chi connectivity index (χ2n) is 6.12. The van der Waals surface area contributed by atoms with Crippen LogP contribution in [0.15, 0.2) is 42.6 Å². The Hall–Kier alpha value is -2.15. The number of halogens is 1. The Morgan fingerprint density at radius 3 is 2.73 bits per heavy atom. The van der Waals surface area contributed by atoms with Crippen molar-refractivity contribution in [2.75, 3.05) is 44.7 Å². The number of benzene rings is 1. The zero-order valence-electron chi connectivity index (χ0n) is 14.6. The highest BCUT2D eigenvalue weighted by molar-refractivity contribution is 6.30. The molecule has 0 aliphatic carbocycles. The van der Waals surface area contributed by atoms with E-state index in [2.05, 4.69) is 20.5 Å². The van der Waals surface area contributed by atoms with Crippen LogP contribution in [0.3, 0.4) is 0 Å². The number of aromatic nitrogens is 1. The van der Waals surface area contributed by atoms with Crippen molar-refractivity contribution in [3.05, 3.63) is 58.7 Å². The van der Waals surface area contributed by atoms with Crippen LogP contribution in [-0.2, 0) is 11.3 Å². The van der Waals surface area contributed by atoms with E-state index in [4.69, 9.17) is 16.3 Å². The van der Waals surface area contributed by atoms with Gasteiger partial charge in [0.2, 0.25) is 0 Å². The molecule has 6 nitrogen and oxygen atoms in total. The van der Waals surface area contributed by atoms with Crippen LogP contribution in [-0.4, -0.2) is 55.2 Å². The molecule has 1 amide bonds. The van der Waals surface area contributed by atoms with Gasteiger partial charge in [0.15, 0.2) is 0 Å². The van der Waals surface area contributed by atoms with E-state index in [0.29, 0.717) is 22.9 Å². The molecule has 7 heteroatoms. The van der Waals surface area contributed by atoms with Crippen molar-refractivity contribution in [3.8, 4) is 0 Å². The zero-order valence-corrected chi connectivity index (χ0v) is 15.3. The lowest BCUT2D eigenvalue weighted by atomic mass is 10.2. The maximum atomic E-state index is 12.3. The van der Waals surface area contributed by atoms with E-state index in [1.807, 2.05) is 24.3 Å². The summed E-state index contributed by atoms with van der Waals surface area (Å²) in [5.74, 6) is 0.580. The highest BCUT2D eigenvalue weighted by Crippen LogP contribution is 2.10. The molecule has 1 aromatic heterocycles. The number of nitrogens with zero attached hydrogens (tertiary/aromatic N) is 2. The van der Waals surface area contributed by atoms with Crippen LogP contribution in [0.4, 0.5) is 5.82 Å². The van der Waals surface area contributed by atoms with Gasteiger partial charge in [-0.25, -0.2) is 4.98 Å². The van der Waals surface area contributed by atoms with E-state index in [1.165, 1.54) is 0 Å². The Kier molecular flexibility index (Phi) is 6.82. The van der Waals surface area contributed by atoms with Gasteiger partial charge in [0, 0.05) is 49.5 Å². The first-order valence-electron chi connectivity index (χ1n) is 8.73. The number of anilines is 1. The summed E-state index contributed by atoms with van der Waals surface area (Å²) in [5, 5.41) is 6.87. The summed E-state index contributed by atoms with van der Waals surface area (Å²) in [6.45, 7) is 5.67. The average Bonchev–Trinajstić information content (AvgIpc) is 2.68. The van der Waals surface area contributed by atoms with Crippen LogP contribution < -0.4 is 10.6 Å². The number of pyridine rings is 1. The standard InChI is InChI=1S/C19H23ClN4O2/c20-17-3-1-15(2-4-17)14-23-19(25)16-5-6-21-18(13-16)22-7-8-24-9-11-26-12-10-24/h1-6,13H,7-12,14H2,(H,21,22)(H,23,25). The molecule has 0 atom stereocenters. The van der Waals surface area contributed by atoms with Gasteiger partial charge < -0.3 is 15.4 Å². The molecule has 1 saturated heterocycles. The summed E-state index contributed by atoms with van der Waals surface area (Å²) in [6.07, 6.45) is 1.65. The topological polar surface area (TPSA) is 66.5 Å². The lowest BCUT2D eigenvalue weighted by molar-refractivity contribution is 0.0398. The first-order valence-corrected chi connectivity index (χ1v) is 9.11. The number of carbonyl (C=O) groups is 1. The van der Waals surface area contributed by atoms with Gasteiger partial charge in [0.1, 0.15) is 5.82 Å². The Bertz CT molecular complexity index is 718. The normalized spacial score (nSPS) is 14.8. The largest absolute Gasteiger partial charge is 0.379 e. The third kappa shape index (κ3) is 5.69. The van der Waals surface area contributed by atoms with Crippen LogP contribution in [0, 0.1) is 0 Å². The van der Waals surface area contributed by atoms with E-state index in [1.54, 1.807) is 18.3 Å². The molecule has 2 heterocycles. The van der Waals surface area contributed by atoms with E-state index < -0.39 is 0 Å². The molecule has 0 radical (unpaired) electrons. The van der Waals surface area contributed by atoms with Crippen LogP contribution in [0.5, 0.6) is 0 Å². The molecule has 0 spiro atoms. The van der Waals surface area contributed by atoms with E-state index in [-0.39, 0.29) is 5.91 Å². The first-order chi connectivity index (χ1) is 12.7. The molecular weight excluding hydrogens is 352 g/mol. The summed E-state index contributed by atoms with van der Waals surface area (Å²) in [5.41, 5.74) is 1.59. The minimum Gasteiger partial charge on any atom is -0.379 e. The molecule has 0 bridgehead atoms. The molecule has 1 aliphatic heterocycles. The van der Waals surface area contributed by atoms with E-state index in [9.17, 15) is 4.79 Å². The Morgan fingerprint density at radius 1 is 1.19 bits per heavy atom. The van der Waals surface area contributed by atoms with E-state index >= 15 is 0 Å². The minimum atomic E-state index is -0.126. The lowest BCUT2D eigenvalue weighted by Crippen LogP contribution is -2.39. The van der Waals surface area contributed by atoms with Gasteiger partial charge in [0.05, 0.1) is 13.2 Å². The predicted molar refractivity (Wildman–Crippen MR) is 103 cm³/mol. The molecule has 26 heavy (non-hydrogen) atoms. The maximum Gasteiger partial charge on any atom is 0.251 e. The minimum absolute atomic E-state index is 0.126. The van der Waals surface area contributed by atoms with Gasteiger partial charge in [-0.15, -0.1) is 0 Å². The Labute approximate surface area is 158 Å². The summed E-state index contributed by atoms with van der Waals surface area (Å²) >= 11 is 5.87. The fourth-order valence-corrected chi connectivity index (χ4v) is 2.85. The molecule has 0 saturated carbocycles. The second kappa shape index (κ2) is 9.52. The maximum absolute atomic E-state index is 12.3. The number of morpholine rings is 1. The number of hydrogen-bond donors (Lipinski definition) is 2. The number of nitrogens with one attached hydrogen (secondary N) is 2. The van der Waals surface area contributed by atoms with Gasteiger partial charge in [-0.3, -0.25) is 9.69 Å². The quantitative estimate of drug-likeness (QED) is 0.779. The predicted octanol–water partition coefficient (Wildman–Crippen LogP) is 2.41. The monoisotopic (exact) mass is 374 g/mol. The van der Waals surface area contributed by atoms with Gasteiger partial charge in [-0.05, 0) is 29.8 Å². The summed E-state index contributed by atoms with van der Waals surface area (Å²) in [4.78, 5) is 19.0. The third-order valence-electron chi connectivity index (χ3n) is 4.23. The number of amides is 1. The first kappa shape index (κ1) is 18.6. The highest BCUT2D eigenvalue weighted by atomic mass is 35.5. The van der Waals surface area contributed by atoms with Crippen LogP contribution in [0.25, 0.3) is 0 Å². The van der Waals surface area contributed by atoms with Crippen molar-refractivity contribution in [2.45, 2.75) is 6.54 Å². The lowest BCUT2D eigenvalue weighted by Gasteiger charge is -2.26. The van der Waals surface area contributed by atoms with Crippen molar-refractivity contribution in [3.63, 3.8) is 0 Å². The molecule has 1 aromatic carbocycles. The molecule has 3 rings (SSSR count).